The van der Waals surface area contributed by atoms with Gasteiger partial charge >= 0.3 is 12.1 Å². The molecule has 1 aliphatic rings. The fraction of sp³-hybridized carbons (Fsp3) is 0.833. The lowest BCUT2D eigenvalue weighted by Crippen LogP contribution is -2.34. The molecule has 6 nitrogen and oxygen atoms in total. The van der Waals surface area contributed by atoms with E-state index in [2.05, 4.69) is 4.74 Å². The number of rotatable bonds is 6. The maximum Gasteiger partial charge on any atom is 0.509 e. The minimum absolute atomic E-state index is 0.0943. The van der Waals surface area contributed by atoms with Gasteiger partial charge in [0.2, 0.25) is 0 Å². The van der Waals surface area contributed by atoms with Crippen LogP contribution in [0.5, 0.6) is 0 Å². The number of aliphatic hydroxyl groups excluding tert-OH is 1. The normalized spacial score (nSPS) is 23.4. The molecule has 0 radical (unpaired) electrons. The van der Waals surface area contributed by atoms with Crippen molar-refractivity contribution < 1.29 is 28.9 Å². The van der Waals surface area contributed by atoms with Crippen LogP contribution in [-0.4, -0.2) is 42.7 Å². The molecule has 104 valence electrons. The molecule has 0 aromatic rings. The maximum absolute atomic E-state index is 11.8. The van der Waals surface area contributed by atoms with E-state index in [9.17, 15) is 9.59 Å². The predicted octanol–water partition coefficient (Wildman–Crippen LogP) is 1.25. The van der Waals surface area contributed by atoms with Crippen LogP contribution in [-0.2, 0) is 19.0 Å². The molecule has 6 heteroatoms. The minimum Gasteiger partial charge on any atom is -0.461 e. The number of hydrogen-bond acceptors (Lipinski definition) is 6. The highest BCUT2D eigenvalue weighted by Crippen LogP contribution is 2.24. The highest BCUT2D eigenvalue weighted by atomic mass is 16.8. The number of esters is 1. The molecule has 1 saturated heterocycles. The fourth-order valence-corrected chi connectivity index (χ4v) is 1.80. The number of hydrogen-bond donors (Lipinski definition) is 1. The van der Waals surface area contributed by atoms with Crippen molar-refractivity contribution in [2.75, 3.05) is 13.2 Å². The molecular formula is C12H20O6. The van der Waals surface area contributed by atoms with Gasteiger partial charge in [0.05, 0.1) is 12.0 Å². The molecule has 0 aromatic carbocycles. The number of aliphatic hydroxyl groups is 1. The molecule has 1 heterocycles. The van der Waals surface area contributed by atoms with E-state index in [-0.39, 0.29) is 19.2 Å². The summed E-state index contributed by atoms with van der Waals surface area (Å²) in [4.78, 5) is 22.7. The first-order chi connectivity index (χ1) is 8.40. The highest BCUT2D eigenvalue weighted by molar-refractivity contribution is 5.75. The number of cyclic esters (lactones) is 2. The summed E-state index contributed by atoms with van der Waals surface area (Å²) in [5, 5.41) is 8.97. The summed E-state index contributed by atoms with van der Waals surface area (Å²) in [5.74, 6) is -0.344. The summed E-state index contributed by atoms with van der Waals surface area (Å²) in [6, 6.07) is 0. The quantitative estimate of drug-likeness (QED) is 0.724. The summed E-state index contributed by atoms with van der Waals surface area (Å²) in [7, 11) is 0. The highest BCUT2D eigenvalue weighted by Gasteiger charge is 2.38. The smallest absolute Gasteiger partial charge is 0.461 e. The van der Waals surface area contributed by atoms with E-state index in [0.717, 1.165) is 12.8 Å². The average molecular weight is 260 g/mol. The second-order valence-corrected chi connectivity index (χ2v) is 4.98. The zero-order chi connectivity index (χ0) is 13.8. The van der Waals surface area contributed by atoms with Crippen molar-refractivity contribution in [1.29, 1.82) is 0 Å². The Morgan fingerprint density at radius 3 is 2.56 bits per heavy atom. The number of carbonyl (C=O) groups is 2. The van der Waals surface area contributed by atoms with Crippen molar-refractivity contribution in [2.24, 2.45) is 5.41 Å². The molecule has 0 amide bonds. The van der Waals surface area contributed by atoms with E-state index < -0.39 is 23.8 Å². The zero-order valence-electron chi connectivity index (χ0n) is 11.0. The van der Waals surface area contributed by atoms with E-state index in [1.165, 1.54) is 0 Å². The standard InChI is InChI=1S/C12H20O6/c1-4-5-12(2,3)10(14)16-7-9-8(6-13)17-11(15)18-9/h8-9,13H,4-7H2,1-3H3. The Labute approximate surface area is 106 Å². The zero-order valence-corrected chi connectivity index (χ0v) is 11.0. The Hall–Kier alpha value is -1.30. The number of carbonyl (C=O) groups excluding carboxylic acids is 2. The van der Waals surface area contributed by atoms with Crippen LogP contribution in [0.2, 0.25) is 0 Å². The van der Waals surface area contributed by atoms with Crippen LogP contribution < -0.4 is 0 Å². The van der Waals surface area contributed by atoms with E-state index >= 15 is 0 Å². The van der Waals surface area contributed by atoms with Crippen molar-refractivity contribution in [1.82, 2.24) is 0 Å². The van der Waals surface area contributed by atoms with Crippen molar-refractivity contribution in [3.05, 3.63) is 0 Å². The Balaban J connectivity index is 2.45. The molecule has 1 rings (SSSR count). The molecule has 1 N–H and O–H groups in total. The summed E-state index contributed by atoms with van der Waals surface area (Å²) in [5.41, 5.74) is -0.563. The van der Waals surface area contributed by atoms with Crippen LogP contribution in [0.3, 0.4) is 0 Å². The second kappa shape index (κ2) is 6.04. The molecule has 0 aromatic heterocycles. The first-order valence-electron chi connectivity index (χ1n) is 6.06. The van der Waals surface area contributed by atoms with Gasteiger partial charge in [0, 0.05) is 0 Å². The van der Waals surface area contributed by atoms with Gasteiger partial charge in [0.1, 0.15) is 6.61 Å². The lowest BCUT2D eigenvalue weighted by Gasteiger charge is -2.23. The van der Waals surface area contributed by atoms with Crippen molar-refractivity contribution in [3.63, 3.8) is 0 Å². The van der Waals surface area contributed by atoms with Crippen molar-refractivity contribution >= 4 is 12.1 Å². The SMILES string of the molecule is CCCC(C)(C)C(=O)OCC1OC(=O)OC1CO. The van der Waals surface area contributed by atoms with Crippen molar-refractivity contribution in [2.45, 2.75) is 45.8 Å². The van der Waals surface area contributed by atoms with Gasteiger partial charge in [-0.15, -0.1) is 0 Å². The predicted molar refractivity (Wildman–Crippen MR) is 61.9 cm³/mol. The lowest BCUT2D eigenvalue weighted by molar-refractivity contribution is -0.157. The first kappa shape index (κ1) is 14.8. The van der Waals surface area contributed by atoms with Gasteiger partial charge < -0.3 is 19.3 Å². The Morgan fingerprint density at radius 2 is 2.00 bits per heavy atom. The van der Waals surface area contributed by atoms with Gasteiger partial charge in [-0.2, -0.15) is 0 Å². The molecular weight excluding hydrogens is 240 g/mol. The largest absolute Gasteiger partial charge is 0.509 e. The molecule has 18 heavy (non-hydrogen) atoms. The lowest BCUT2D eigenvalue weighted by atomic mass is 9.88. The molecule has 0 saturated carbocycles. The van der Waals surface area contributed by atoms with Crippen LogP contribution in [0.15, 0.2) is 0 Å². The average Bonchev–Trinajstić information content (AvgIpc) is 2.66. The summed E-state index contributed by atoms with van der Waals surface area (Å²) < 4.78 is 14.6. The van der Waals surface area contributed by atoms with Gasteiger partial charge in [-0.25, -0.2) is 4.79 Å². The third kappa shape index (κ3) is 3.60. The van der Waals surface area contributed by atoms with Gasteiger partial charge in [0.25, 0.3) is 0 Å². The third-order valence-corrected chi connectivity index (χ3v) is 2.90. The monoisotopic (exact) mass is 260 g/mol. The summed E-state index contributed by atoms with van der Waals surface area (Å²) in [6.07, 6.45) is -0.745. The van der Waals surface area contributed by atoms with E-state index in [0.29, 0.717) is 0 Å². The summed E-state index contributed by atoms with van der Waals surface area (Å²) in [6.45, 7) is 5.15. The fourth-order valence-electron chi connectivity index (χ4n) is 1.80. The molecule has 1 aliphatic heterocycles. The maximum atomic E-state index is 11.8. The van der Waals surface area contributed by atoms with Crippen molar-refractivity contribution in [3.8, 4) is 0 Å². The molecule has 2 unspecified atom stereocenters. The van der Waals surface area contributed by atoms with Crippen LogP contribution in [0, 0.1) is 5.41 Å². The molecule has 0 bridgehead atoms. The first-order valence-corrected chi connectivity index (χ1v) is 6.06. The molecule has 0 aliphatic carbocycles. The topological polar surface area (TPSA) is 82.1 Å². The van der Waals surface area contributed by atoms with E-state index in [1.807, 2.05) is 6.92 Å². The number of ether oxygens (including phenoxy) is 3. The van der Waals surface area contributed by atoms with Crippen LogP contribution in [0.4, 0.5) is 4.79 Å². The van der Waals surface area contributed by atoms with E-state index in [4.69, 9.17) is 14.6 Å². The van der Waals surface area contributed by atoms with Crippen LogP contribution >= 0.6 is 0 Å². The molecule has 0 spiro atoms. The van der Waals surface area contributed by atoms with Gasteiger partial charge in [-0.3, -0.25) is 4.79 Å². The molecule has 1 fully saturated rings. The third-order valence-electron chi connectivity index (χ3n) is 2.90. The molecule has 2 atom stereocenters. The Bertz CT molecular complexity index is 312. The van der Waals surface area contributed by atoms with Gasteiger partial charge in [0.15, 0.2) is 12.2 Å². The Morgan fingerprint density at radius 1 is 1.39 bits per heavy atom. The Kier molecular flexibility index (Phi) is 4.95. The summed E-state index contributed by atoms with van der Waals surface area (Å²) >= 11 is 0. The van der Waals surface area contributed by atoms with Crippen LogP contribution in [0.1, 0.15) is 33.6 Å². The van der Waals surface area contributed by atoms with E-state index in [1.54, 1.807) is 13.8 Å². The van der Waals surface area contributed by atoms with Gasteiger partial charge in [-0.05, 0) is 20.3 Å². The van der Waals surface area contributed by atoms with Crippen LogP contribution in [0.25, 0.3) is 0 Å². The minimum atomic E-state index is -0.845. The second-order valence-electron chi connectivity index (χ2n) is 4.98. The van der Waals surface area contributed by atoms with Gasteiger partial charge in [-0.1, -0.05) is 13.3 Å².